The molecule has 102 valence electrons. The van der Waals surface area contributed by atoms with E-state index in [1.807, 2.05) is 0 Å². The first-order valence-electron chi connectivity index (χ1n) is 5.14. The molecule has 0 heterocycles. The number of nitrogens with one attached hydrogen (secondary N) is 1. The van der Waals surface area contributed by atoms with Crippen LogP contribution in [-0.4, -0.2) is 10.9 Å². The lowest BCUT2D eigenvalue weighted by Crippen LogP contribution is -2.11. The predicted molar refractivity (Wildman–Crippen MR) is 69.3 cm³/mol. The van der Waals surface area contributed by atoms with Crippen LogP contribution in [0.25, 0.3) is 0 Å². The summed E-state index contributed by atoms with van der Waals surface area (Å²) < 4.78 is 37.5. The van der Waals surface area contributed by atoms with Gasteiger partial charge in [-0.3, -0.25) is 10.6 Å². The molecule has 0 aliphatic rings. The fourth-order valence-electron chi connectivity index (χ4n) is 1.22. The number of hydrogen-bond donors (Lipinski definition) is 2. The number of rotatable bonds is 2. The van der Waals surface area contributed by atoms with E-state index in [4.69, 9.17) is 5.84 Å². The third-order valence-corrected chi connectivity index (χ3v) is 2.77. The molecule has 7 heteroatoms. The van der Waals surface area contributed by atoms with E-state index in [9.17, 15) is 18.0 Å². The molecule has 0 saturated carbocycles. The summed E-state index contributed by atoms with van der Waals surface area (Å²) in [5.41, 5.74) is 1.82. The lowest BCUT2D eigenvalue weighted by atomic mass is 10.1. The first-order valence-corrected chi connectivity index (χ1v) is 6.13. The first kappa shape index (κ1) is 15.4. The highest BCUT2D eigenvalue weighted by Crippen LogP contribution is 2.31. The summed E-state index contributed by atoms with van der Waals surface area (Å²) in [7, 11) is 0. The van der Waals surface area contributed by atoms with E-state index in [0.29, 0.717) is 5.56 Å². The van der Waals surface area contributed by atoms with Crippen LogP contribution < -0.4 is 11.3 Å². The van der Waals surface area contributed by atoms with Crippen molar-refractivity contribution in [2.75, 3.05) is 11.2 Å². The molecule has 0 spiro atoms. The molecular formula is C12H11F3N2OS. The van der Waals surface area contributed by atoms with Gasteiger partial charge in [0.05, 0.1) is 17.0 Å². The molecule has 0 aliphatic heterocycles. The second kappa shape index (κ2) is 6.50. The van der Waals surface area contributed by atoms with Crippen molar-refractivity contribution in [2.24, 2.45) is 5.84 Å². The molecule has 1 aromatic rings. The van der Waals surface area contributed by atoms with Crippen LogP contribution in [-0.2, 0) is 11.0 Å². The summed E-state index contributed by atoms with van der Waals surface area (Å²) in [5, 5.41) is -0.0705. The van der Waals surface area contributed by atoms with Gasteiger partial charge >= 0.3 is 6.18 Å². The molecule has 0 fully saturated rings. The SMILES string of the molecule is CC(=O)SCC#Cc1ccc(C(F)(F)F)cc1NN. The van der Waals surface area contributed by atoms with Crippen LogP contribution in [0.1, 0.15) is 18.1 Å². The van der Waals surface area contributed by atoms with Crippen LogP contribution in [0, 0.1) is 11.8 Å². The van der Waals surface area contributed by atoms with Crippen LogP contribution in [0.2, 0.25) is 0 Å². The van der Waals surface area contributed by atoms with Crippen molar-refractivity contribution in [3.8, 4) is 11.8 Å². The number of hydrogen-bond acceptors (Lipinski definition) is 4. The number of alkyl halides is 3. The number of carbonyl (C=O) groups excluding carboxylic acids is 1. The Bertz CT molecular complexity index is 532. The molecule has 0 bridgehead atoms. The lowest BCUT2D eigenvalue weighted by molar-refractivity contribution is -0.137. The van der Waals surface area contributed by atoms with E-state index in [-0.39, 0.29) is 16.6 Å². The van der Waals surface area contributed by atoms with Crippen LogP contribution in [0.15, 0.2) is 18.2 Å². The average molecular weight is 288 g/mol. The first-order chi connectivity index (χ1) is 8.84. The van der Waals surface area contributed by atoms with Crippen molar-refractivity contribution in [3.63, 3.8) is 0 Å². The molecular weight excluding hydrogens is 277 g/mol. The van der Waals surface area contributed by atoms with E-state index < -0.39 is 11.7 Å². The maximum absolute atomic E-state index is 12.5. The number of carbonyl (C=O) groups is 1. The Hall–Kier alpha value is -1.65. The summed E-state index contributed by atoms with van der Waals surface area (Å²) in [6.45, 7) is 1.41. The zero-order chi connectivity index (χ0) is 14.5. The highest BCUT2D eigenvalue weighted by molar-refractivity contribution is 8.13. The van der Waals surface area contributed by atoms with Gasteiger partial charge in [-0.25, -0.2) is 0 Å². The van der Waals surface area contributed by atoms with Crippen molar-refractivity contribution < 1.29 is 18.0 Å². The summed E-state index contributed by atoms with van der Waals surface area (Å²) in [6.07, 6.45) is -4.43. The summed E-state index contributed by atoms with van der Waals surface area (Å²) in [5.74, 6) is 10.8. The third-order valence-electron chi connectivity index (χ3n) is 2.07. The average Bonchev–Trinajstić information content (AvgIpc) is 2.33. The highest BCUT2D eigenvalue weighted by atomic mass is 32.2. The van der Waals surface area contributed by atoms with Gasteiger partial charge in [0.25, 0.3) is 0 Å². The Morgan fingerprint density at radius 2 is 2.16 bits per heavy atom. The van der Waals surface area contributed by atoms with Gasteiger partial charge in [0.15, 0.2) is 5.12 Å². The van der Waals surface area contributed by atoms with Crippen molar-refractivity contribution in [2.45, 2.75) is 13.1 Å². The van der Waals surface area contributed by atoms with Crippen LogP contribution in [0.4, 0.5) is 18.9 Å². The molecule has 0 aliphatic carbocycles. The smallest absolute Gasteiger partial charge is 0.323 e. The maximum atomic E-state index is 12.5. The summed E-state index contributed by atoms with van der Waals surface area (Å²) in [6, 6.07) is 3.06. The number of nitrogen functional groups attached to an aromatic ring is 1. The molecule has 1 rings (SSSR count). The fraction of sp³-hybridized carbons (Fsp3) is 0.250. The zero-order valence-corrected chi connectivity index (χ0v) is 10.8. The molecule has 3 nitrogen and oxygen atoms in total. The monoisotopic (exact) mass is 288 g/mol. The predicted octanol–water partition coefficient (Wildman–Crippen LogP) is 2.62. The molecule has 0 unspecified atom stereocenters. The minimum atomic E-state index is -4.43. The van der Waals surface area contributed by atoms with E-state index in [1.54, 1.807) is 0 Å². The van der Waals surface area contributed by atoms with Crippen molar-refractivity contribution in [1.29, 1.82) is 0 Å². The Kier molecular flexibility index (Phi) is 5.27. The Morgan fingerprint density at radius 3 is 2.68 bits per heavy atom. The fourth-order valence-corrected chi connectivity index (χ4v) is 1.57. The number of halogens is 3. The second-order valence-corrected chi connectivity index (χ2v) is 4.64. The van der Waals surface area contributed by atoms with E-state index in [2.05, 4.69) is 17.3 Å². The minimum absolute atomic E-state index is 0.0705. The van der Waals surface area contributed by atoms with Crippen molar-refractivity contribution in [1.82, 2.24) is 0 Å². The quantitative estimate of drug-likeness (QED) is 0.499. The van der Waals surface area contributed by atoms with Crippen LogP contribution in [0.5, 0.6) is 0 Å². The van der Waals surface area contributed by atoms with Gasteiger partial charge in [-0.1, -0.05) is 23.6 Å². The number of thioether (sulfide) groups is 1. The molecule has 0 saturated heterocycles. The zero-order valence-electron chi connectivity index (χ0n) is 9.97. The van der Waals surface area contributed by atoms with E-state index >= 15 is 0 Å². The molecule has 19 heavy (non-hydrogen) atoms. The van der Waals surface area contributed by atoms with Gasteiger partial charge < -0.3 is 5.43 Å². The Labute approximate surface area is 112 Å². The third kappa shape index (κ3) is 4.85. The van der Waals surface area contributed by atoms with E-state index in [0.717, 1.165) is 23.9 Å². The summed E-state index contributed by atoms with van der Waals surface area (Å²) in [4.78, 5) is 10.7. The van der Waals surface area contributed by atoms with Crippen molar-refractivity contribution in [3.05, 3.63) is 29.3 Å². The highest BCUT2D eigenvalue weighted by Gasteiger charge is 2.30. The lowest BCUT2D eigenvalue weighted by Gasteiger charge is -2.10. The molecule has 0 radical (unpaired) electrons. The number of anilines is 1. The second-order valence-electron chi connectivity index (χ2n) is 3.48. The molecule has 0 aromatic heterocycles. The maximum Gasteiger partial charge on any atom is 0.416 e. The molecule has 0 amide bonds. The molecule has 1 aromatic carbocycles. The topological polar surface area (TPSA) is 55.1 Å². The molecule has 0 atom stereocenters. The van der Waals surface area contributed by atoms with Gasteiger partial charge in [-0.05, 0) is 18.2 Å². The Balaban J connectivity index is 2.93. The normalized spacial score (nSPS) is 10.6. The minimum Gasteiger partial charge on any atom is -0.323 e. The van der Waals surface area contributed by atoms with Gasteiger partial charge in [-0.2, -0.15) is 13.2 Å². The van der Waals surface area contributed by atoms with Gasteiger partial charge in [0, 0.05) is 12.5 Å². The largest absolute Gasteiger partial charge is 0.416 e. The van der Waals surface area contributed by atoms with Crippen LogP contribution >= 0.6 is 11.8 Å². The Morgan fingerprint density at radius 1 is 1.47 bits per heavy atom. The van der Waals surface area contributed by atoms with E-state index in [1.165, 1.54) is 13.0 Å². The number of nitrogens with two attached hydrogens (primary N) is 1. The molecule has 3 N–H and O–H groups in total. The van der Waals surface area contributed by atoms with Crippen molar-refractivity contribution >= 4 is 22.6 Å². The van der Waals surface area contributed by atoms with Gasteiger partial charge in [0.2, 0.25) is 0 Å². The van der Waals surface area contributed by atoms with Crippen LogP contribution in [0.3, 0.4) is 0 Å². The number of benzene rings is 1. The van der Waals surface area contributed by atoms with Gasteiger partial charge in [-0.15, -0.1) is 0 Å². The summed E-state index contributed by atoms with van der Waals surface area (Å²) >= 11 is 1.03. The van der Waals surface area contributed by atoms with Gasteiger partial charge in [0.1, 0.15) is 0 Å². The number of hydrazine groups is 1. The standard InChI is InChI=1S/C12H11F3N2OS/c1-8(18)19-6-2-3-9-4-5-10(12(13,14)15)7-11(9)17-16/h4-5,7,17H,6,16H2,1H3.